The van der Waals surface area contributed by atoms with E-state index in [1.807, 2.05) is 5.51 Å². The summed E-state index contributed by atoms with van der Waals surface area (Å²) in [6, 6.07) is 3.60. The molecule has 0 N–H and O–H groups in total. The molecular weight excluding hydrogens is 519 g/mol. The van der Waals surface area contributed by atoms with Crippen LogP contribution in [0.2, 0.25) is 0 Å². The summed E-state index contributed by atoms with van der Waals surface area (Å²) in [5, 5.41) is 0. The molecule has 4 atom stereocenters. The highest BCUT2D eigenvalue weighted by molar-refractivity contribution is 7.09. The molecule has 3 unspecified atom stereocenters. The number of rotatable bonds is 7. The van der Waals surface area contributed by atoms with Crippen molar-refractivity contribution in [3.63, 3.8) is 0 Å². The van der Waals surface area contributed by atoms with Crippen LogP contribution in [0, 0.1) is 5.92 Å². The van der Waals surface area contributed by atoms with E-state index in [9.17, 15) is 22.8 Å². The number of hydrogen-bond donors (Lipinski definition) is 0. The molecule has 4 aliphatic rings. The average molecular weight is 550 g/mol. The van der Waals surface area contributed by atoms with Gasteiger partial charge in [0.15, 0.2) is 5.78 Å². The van der Waals surface area contributed by atoms with Gasteiger partial charge in [0.25, 0.3) is 5.91 Å². The summed E-state index contributed by atoms with van der Waals surface area (Å²) in [6.07, 6.45) is -1.23. The molecule has 2 aromatic rings. The van der Waals surface area contributed by atoms with Gasteiger partial charge in [0, 0.05) is 50.2 Å². The average Bonchev–Trinajstić information content (AvgIpc) is 3.67. The number of Topliss-reactive ketones (excluding diaryl/α,β-unsaturated/α-hetero) is 1. The summed E-state index contributed by atoms with van der Waals surface area (Å²) in [5.74, 6) is -0.635. The molecule has 7 nitrogen and oxygen atoms in total. The van der Waals surface area contributed by atoms with Crippen LogP contribution in [0.1, 0.15) is 57.4 Å². The van der Waals surface area contributed by atoms with Crippen LogP contribution >= 0.6 is 11.3 Å². The Hall–Kier alpha value is -2.34. The van der Waals surface area contributed by atoms with Gasteiger partial charge in [0.1, 0.15) is 0 Å². The van der Waals surface area contributed by atoms with Crippen LogP contribution in [0.15, 0.2) is 23.7 Å². The van der Waals surface area contributed by atoms with Crippen LogP contribution in [0.5, 0.6) is 0 Å². The molecular formula is C27H30F3N3O4S. The molecule has 1 aromatic carbocycles. The number of hydrogen-bond acceptors (Lipinski definition) is 7. The number of amides is 1. The molecule has 0 saturated carbocycles. The Morgan fingerprint density at radius 2 is 2.08 bits per heavy atom. The van der Waals surface area contributed by atoms with Gasteiger partial charge in [-0.1, -0.05) is 6.07 Å². The maximum Gasteiger partial charge on any atom is 0.416 e. The fourth-order valence-corrected chi connectivity index (χ4v) is 7.13. The molecule has 2 fully saturated rings. The Labute approximate surface area is 222 Å². The van der Waals surface area contributed by atoms with E-state index >= 15 is 0 Å². The number of carbonyl (C=O) groups excluding carboxylic acids is 2. The van der Waals surface area contributed by atoms with Crippen molar-refractivity contribution in [2.24, 2.45) is 5.92 Å². The second kappa shape index (κ2) is 10.3. The number of likely N-dealkylation sites (tertiary alicyclic amines) is 1. The molecule has 1 amide bonds. The minimum absolute atomic E-state index is 0.0112. The lowest BCUT2D eigenvalue weighted by atomic mass is 9.95. The summed E-state index contributed by atoms with van der Waals surface area (Å²) >= 11 is 1.61. The number of nitrogens with zero attached hydrogens (tertiary/aromatic N) is 3. The van der Waals surface area contributed by atoms with Crippen molar-refractivity contribution in [3.8, 4) is 0 Å². The summed E-state index contributed by atoms with van der Waals surface area (Å²) in [7, 11) is 0. The van der Waals surface area contributed by atoms with Gasteiger partial charge in [-0.15, -0.1) is 11.3 Å². The first-order valence-corrected chi connectivity index (χ1v) is 14.0. The molecule has 0 bridgehead atoms. The maximum absolute atomic E-state index is 13.2. The van der Waals surface area contributed by atoms with Crippen LogP contribution in [-0.4, -0.2) is 78.0 Å². The molecule has 3 aliphatic heterocycles. The lowest BCUT2D eigenvalue weighted by Crippen LogP contribution is -2.41. The number of benzene rings is 1. The van der Waals surface area contributed by atoms with Crippen molar-refractivity contribution < 1.29 is 32.2 Å². The van der Waals surface area contributed by atoms with Gasteiger partial charge in [-0.05, 0) is 43.4 Å². The third-order valence-corrected chi connectivity index (χ3v) is 9.20. The van der Waals surface area contributed by atoms with Gasteiger partial charge < -0.3 is 14.4 Å². The summed E-state index contributed by atoms with van der Waals surface area (Å²) < 4.78 is 51.8. The first-order valence-electron chi connectivity index (χ1n) is 13.2. The third kappa shape index (κ3) is 5.13. The van der Waals surface area contributed by atoms with Crippen LogP contribution in [0.4, 0.5) is 13.2 Å². The van der Waals surface area contributed by atoms with Crippen molar-refractivity contribution in [2.45, 2.75) is 56.5 Å². The zero-order valence-electron chi connectivity index (χ0n) is 20.9. The molecule has 0 radical (unpaired) electrons. The molecule has 4 heterocycles. The van der Waals surface area contributed by atoms with Gasteiger partial charge in [-0.25, -0.2) is 4.98 Å². The van der Waals surface area contributed by atoms with Crippen molar-refractivity contribution in [1.82, 2.24) is 14.8 Å². The Kier molecular flexibility index (Phi) is 7.04. The number of thiazole rings is 1. The van der Waals surface area contributed by atoms with Crippen molar-refractivity contribution in [1.29, 1.82) is 0 Å². The zero-order chi connectivity index (χ0) is 26.4. The van der Waals surface area contributed by atoms with Crippen LogP contribution in [-0.2, 0) is 33.3 Å². The number of halogens is 3. The van der Waals surface area contributed by atoms with Crippen molar-refractivity contribution in [2.75, 3.05) is 39.4 Å². The van der Waals surface area contributed by atoms with Gasteiger partial charge in [0.05, 0.1) is 47.0 Å². The van der Waals surface area contributed by atoms with E-state index in [-0.39, 0.29) is 42.4 Å². The number of aromatic nitrogens is 1. The predicted molar refractivity (Wildman–Crippen MR) is 133 cm³/mol. The van der Waals surface area contributed by atoms with E-state index in [1.54, 1.807) is 11.3 Å². The van der Waals surface area contributed by atoms with Crippen LogP contribution < -0.4 is 0 Å². The second-order valence-corrected chi connectivity index (χ2v) is 11.6. The van der Waals surface area contributed by atoms with E-state index < -0.39 is 17.6 Å². The molecule has 38 heavy (non-hydrogen) atoms. The van der Waals surface area contributed by atoms with Crippen LogP contribution in [0.25, 0.3) is 0 Å². The predicted octanol–water partition coefficient (Wildman–Crippen LogP) is 3.91. The number of ether oxygens (including phenoxy) is 2. The SMILES string of the molecule is O=C(CC1CN(C2CCOC2)C[C@@H]1OC1CCc2ncsc21)CN1CCc2ccc(C(F)(F)F)cc2C1=O. The standard InChI is InChI=1S/C27H30F3N3O4S/c28-27(29,30)18-2-1-16-5-7-32(26(35)21(16)10-18)12-20(34)9-17-11-33(19-6-8-36-14-19)13-24(17)37-23-4-3-22-25(23)38-15-31-22/h1-2,10,15,17,19,23-24H,3-9,11-14H2/t17?,19?,23?,24-/m0/s1. The number of carbonyl (C=O) groups is 2. The summed E-state index contributed by atoms with van der Waals surface area (Å²) in [6.45, 7) is 3.07. The largest absolute Gasteiger partial charge is 0.416 e. The molecule has 1 aromatic heterocycles. The summed E-state index contributed by atoms with van der Waals surface area (Å²) in [4.78, 5) is 35.6. The Morgan fingerprint density at radius 3 is 2.87 bits per heavy atom. The van der Waals surface area contributed by atoms with E-state index in [0.29, 0.717) is 31.2 Å². The quantitative estimate of drug-likeness (QED) is 0.522. The first-order chi connectivity index (χ1) is 18.3. The third-order valence-electron chi connectivity index (χ3n) is 8.24. The highest BCUT2D eigenvalue weighted by Gasteiger charge is 2.42. The number of aryl methyl sites for hydroxylation is 1. The smallest absolute Gasteiger partial charge is 0.380 e. The molecule has 2 saturated heterocycles. The Balaban J connectivity index is 1.13. The fraction of sp³-hybridized carbons (Fsp3) is 0.593. The van der Waals surface area contributed by atoms with Gasteiger partial charge in [-0.3, -0.25) is 14.5 Å². The second-order valence-electron chi connectivity index (χ2n) is 10.7. The lowest BCUT2D eigenvalue weighted by Gasteiger charge is -2.29. The monoisotopic (exact) mass is 549 g/mol. The summed E-state index contributed by atoms with van der Waals surface area (Å²) in [5.41, 5.74) is 2.73. The van der Waals surface area contributed by atoms with Crippen molar-refractivity contribution in [3.05, 3.63) is 51.0 Å². The van der Waals surface area contributed by atoms with E-state index in [1.165, 1.54) is 15.8 Å². The maximum atomic E-state index is 13.2. The highest BCUT2D eigenvalue weighted by Crippen LogP contribution is 2.40. The Bertz CT molecular complexity index is 1210. The van der Waals surface area contributed by atoms with E-state index in [4.69, 9.17) is 9.47 Å². The minimum Gasteiger partial charge on any atom is -0.380 e. The molecule has 1 aliphatic carbocycles. The number of fused-ring (bicyclic) bond motifs is 2. The van der Waals surface area contributed by atoms with Gasteiger partial charge in [0.2, 0.25) is 0 Å². The molecule has 204 valence electrons. The molecule has 11 heteroatoms. The topological polar surface area (TPSA) is 72.0 Å². The number of alkyl halides is 3. The van der Waals surface area contributed by atoms with E-state index in [2.05, 4.69) is 9.88 Å². The van der Waals surface area contributed by atoms with Gasteiger partial charge in [-0.2, -0.15) is 13.2 Å². The van der Waals surface area contributed by atoms with Gasteiger partial charge >= 0.3 is 6.18 Å². The fourth-order valence-electron chi connectivity index (χ4n) is 6.22. The molecule has 6 rings (SSSR count). The molecule has 0 spiro atoms. The van der Waals surface area contributed by atoms with E-state index in [0.717, 1.165) is 56.8 Å². The van der Waals surface area contributed by atoms with Crippen LogP contribution in [0.3, 0.4) is 0 Å². The normalized spacial score (nSPS) is 27.7. The lowest BCUT2D eigenvalue weighted by molar-refractivity contribution is -0.137. The first kappa shape index (κ1) is 25.9. The highest BCUT2D eigenvalue weighted by atomic mass is 32.1. The Morgan fingerprint density at radius 1 is 1.21 bits per heavy atom. The zero-order valence-corrected chi connectivity index (χ0v) is 21.7. The van der Waals surface area contributed by atoms with Crippen molar-refractivity contribution >= 4 is 23.0 Å². The minimum atomic E-state index is -4.53. The number of ketones is 1.